The van der Waals surface area contributed by atoms with E-state index in [4.69, 9.17) is 21.7 Å². The van der Waals surface area contributed by atoms with Gasteiger partial charge in [0.05, 0.1) is 12.7 Å². The minimum Gasteiger partial charge on any atom is -0.493 e. The number of hydrogen-bond donors (Lipinski definition) is 2. The number of amides is 1. The normalized spacial score (nSPS) is 10.6. The first-order chi connectivity index (χ1) is 13.3. The highest BCUT2D eigenvalue weighted by Crippen LogP contribution is 2.14. The monoisotopic (exact) mass is 400 g/mol. The minimum atomic E-state index is -0.256. The topological polar surface area (TPSA) is 59.6 Å². The van der Waals surface area contributed by atoms with Crippen LogP contribution in [0.15, 0.2) is 48.5 Å². The highest BCUT2D eigenvalue weighted by atomic mass is 32.1. The van der Waals surface area contributed by atoms with Crippen molar-refractivity contribution in [1.82, 2.24) is 10.6 Å². The zero-order valence-electron chi connectivity index (χ0n) is 16.8. The molecule has 2 N–H and O–H groups in total. The zero-order valence-corrected chi connectivity index (χ0v) is 17.6. The van der Waals surface area contributed by atoms with Crippen molar-refractivity contribution in [3.8, 4) is 11.5 Å². The van der Waals surface area contributed by atoms with Crippen LogP contribution in [0.4, 0.5) is 0 Å². The molecule has 28 heavy (non-hydrogen) atoms. The van der Waals surface area contributed by atoms with Gasteiger partial charge < -0.3 is 14.8 Å². The van der Waals surface area contributed by atoms with Gasteiger partial charge in [-0.25, -0.2) is 0 Å². The van der Waals surface area contributed by atoms with Crippen LogP contribution in [-0.4, -0.2) is 23.7 Å². The molecule has 0 aliphatic rings. The first-order valence-electron chi connectivity index (χ1n) is 9.41. The summed E-state index contributed by atoms with van der Waals surface area (Å²) in [6, 6.07) is 14.8. The second-order valence-electron chi connectivity index (χ2n) is 7.18. The lowest BCUT2D eigenvalue weighted by Crippen LogP contribution is -2.38. The summed E-state index contributed by atoms with van der Waals surface area (Å²) in [5.74, 6) is 1.77. The fourth-order valence-corrected chi connectivity index (χ4v) is 2.49. The van der Waals surface area contributed by atoms with Gasteiger partial charge in [-0.15, -0.1) is 0 Å². The quantitative estimate of drug-likeness (QED) is 0.647. The van der Waals surface area contributed by atoms with Gasteiger partial charge in [0, 0.05) is 12.1 Å². The van der Waals surface area contributed by atoms with Gasteiger partial charge in [0.2, 0.25) is 0 Å². The maximum Gasteiger partial charge on any atom is 0.257 e. The Balaban J connectivity index is 1.79. The van der Waals surface area contributed by atoms with Crippen LogP contribution in [0.3, 0.4) is 0 Å². The number of thiocarbonyl (C=S) groups is 1. The SMILES string of the molecule is CC(C)COc1ccc(C(=O)NC(=S)NCc2ccc(OC(C)C)cc2)cc1. The second kappa shape index (κ2) is 10.7. The fourth-order valence-electron chi connectivity index (χ4n) is 2.33. The molecular weight excluding hydrogens is 372 g/mol. The third-order valence-electron chi connectivity index (χ3n) is 3.68. The predicted octanol–water partition coefficient (Wildman–Crippen LogP) is 4.31. The highest BCUT2D eigenvalue weighted by Gasteiger charge is 2.08. The number of rotatable bonds is 8. The lowest BCUT2D eigenvalue weighted by Gasteiger charge is -2.12. The molecule has 2 aromatic carbocycles. The molecule has 1 amide bonds. The summed E-state index contributed by atoms with van der Waals surface area (Å²) in [4.78, 5) is 12.3. The van der Waals surface area contributed by atoms with Crippen molar-refractivity contribution in [3.05, 3.63) is 59.7 Å². The number of benzene rings is 2. The summed E-state index contributed by atoms with van der Waals surface area (Å²) in [5.41, 5.74) is 1.57. The highest BCUT2D eigenvalue weighted by molar-refractivity contribution is 7.80. The molecule has 0 fully saturated rings. The smallest absolute Gasteiger partial charge is 0.257 e. The van der Waals surface area contributed by atoms with Gasteiger partial charge in [-0.2, -0.15) is 0 Å². The molecule has 0 spiro atoms. The third-order valence-corrected chi connectivity index (χ3v) is 3.92. The Labute approximate surface area is 172 Å². The van der Waals surface area contributed by atoms with Crippen molar-refractivity contribution in [1.29, 1.82) is 0 Å². The molecule has 150 valence electrons. The largest absolute Gasteiger partial charge is 0.493 e. The molecule has 0 aromatic heterocycles. The van der Waals surface area contributed by atoms with Crippen molar-refractivity contribution in [3.63, 3.8) is 0 Å². The van der Waals surface area contributed by atoms with E-state index in [1.165, 1.54) is 0 Å². The average molecular weight is 401 g/mol. The van der Waals surface area contributed by atoms with E-state index < -0.39 is 0 Å². The number of hydrogen-bond acceptors (Lipinski definition) is 4. The molecule has 0 saturated heterocycles. The number of ether oxygens (including phenoxy) is 2. The van der Waals surface area contributed by atoms with Crippen molar-refractivity contribution in [2.45, 2.75) is 40.3 Å². The van der Waals surface area contributed by atoms with Gasteiger partial charge in [-0.05, 0) is 73.9 Å². The van der Waals surface area contributed by atoms with Crippen molar-refractivity contribution >= 4 is 23.2 Å². The van der Waals surface area contributed by atoms with Crippen LogP contribution in [0.5, 0.6) is 11.5 Å². The molecule has 2 rings (SSSR count). The molecule has 2 aromatic rings. The van der Waals surface area contributed by atoms with E-state index in [1.54, 1.807) is 24.3 Å². The predicted molar refractivity (Wildman–Crippen MR) is 116 cm³/mol. The zero-order chi connectivity index (χ0) is 20.5. The Hall–Kier alpha value is -2.60. The molecule has 0 atom stereocenters. The molecule has 0 bridgehead atoms. The van der Waals surface area contributed by atoms with Crippen molar-refractivity contribution in [2.75, 3.05) is 6.61 Å². The van der Waals surface area contributed by atoms with Crippen LogP contribution in [0.25, 0.3) is 0 Å². The van der Waals surface area contributed by atoms with Crippen LogP contribution in [0.1, 0.15) is 43.6 Å². The summed E-state index contributed by atoms with van der Waals surface area (Å²) in [6.07, 6.45) is 0.141. The molecule has 0 saturated carbocycles. The Bertz CT molecular complexity index is 771. The van der Waals surface area contributed by atoms with Gasteiger partial charge in [-0.3, -0.25) is 10.1 Å². The van der Waals surface area contributed by atoms with E-state index in [2.05, 4.69) is 24.5 Å². The average Bonchev–Trinajstić information content (AvgIpc) is 2.65. The standard InChI is InChI=1S/C22H28N2O3S/c1-15(2)14-26-19-11-7-18(8-12-19)21(25)24-22(28)23-13-17-5-9-20(10-6-17)27-16(3)4/h5-12,15-16H,13-14H2,1-4H3,(H2,23,24,25,28). The van der Waals surface area contributed by atoms with Crippen LogP contribution >= 0.6 is 12.2 Å². The molecule has 0 aliphatic carbocycles. The molecule has 6 heteroatoms. The summed E-state index contributed by atoms with van der Waals surface area (Å²) in [7, 11) is 0. The van der Waals surface area contributed by atoms with E-state index >= 15 is 0 Å². The number of nitrogens with one attached hydrogen (secondary N) is 2. The van der Waals surface area contributed by atoms with E-state index in [0.717, 1.165) is 17.1 Å². The van der Waals surface area contributed by atoms with E-state index in [1.807, 2.05) is 38.1 Å². The maximum absolute atomic E-state index is 12.3. The van der Waals surface area contributed by atoms with Crippen LogP contribution in [-0.2, 0) is 6.54 Å². The Morgan fingerprint density at radius 1 is 0.964 bits per heavy atom. The molecule has 0 heterocycles. The molecule has 5 nitrogen and oxygen atoms in total. The van der Waals surface area contributed by atoms with Gasteiger partial charge >= 0.3 is 0 Å². The Morgan fingerprint density at radius 2 is 1.57 bits per heavy atom. The van der Waals surface area contributed by atoms with Gasteiger partial charge in [0.25, 0.3) is 5.91 Å². The summed E-state index contributed by atoms with van der Waals surface area (Å²) in [5, 5.41) is 6.01. The number of carbonyl (C=O) groups is 1. The van der Waals surface area contributed by atoms with Crippen LogP contribution < -0.4 is 20.1 Å². The van der Waals surface area contributed by atoms with Crippen LogP contribution in [0.2, 0.25) is 0 Å². The molecule has 0 unspecified atom stereocenters. The lowest BCUT2D eigenvalue weighted by molar-refractivity contribution is 0.0976. The minimum absolute atomic E-state index is 0.141. The van der Waals surface area contributed by atoms with E-state index in [0.29, 0.717) is 24.6 Å². The number of carbonyl (C=O) groups excluding carboxylic acids is 1. The molecule has 0 aliphatic heterocycles. The van der Waals surface area contributed by atoms with Crippen molar-refractivity contribution < 1.29 is 14.3 Å². The lowest BCUT2D eigenvalue weighted by atomic mass is 10.2. The summed E-state index contributed by atoms with van der Waals surface area (Å²) >= 11 is 5.22. The van der Waals surface area contributed by atoms with Crippen molar-refractivity contribution in [2.24, 2.45) is 5.92 Å². The Morgan fingerprint density at radius 3 is 2.14 bits per heavy atom. The second-order valence-corrected chi connectivity index (χ2v) is 7.58. The first kappa shape index (κ1) is 21.7. The van der Waals surface area contributed by atoms with Gasteiger partial charge in [0.15, 0.2) is 5.11 Å². The van der Waals surface area contributed by atoms with E-state index in [9.17, 15) is 4.79 Å². The maximum atomic E-state index is 12.3. The van der Waals surface area contributed by atoms with E-state index in [-0.39, 0.29) is 17.1 Å². The fraction of sp³-hybridized carbons (Fsp3) is 0.364. The van der Waals surface area contributed by atoms with Crippen LogP contribution in [0, 0.1) is 5.92 Å². The molecular formula is C22H28N2O3S. The third kappa shape index (κ3) is 7.56. The van der Waals surface area contributed by atoms with Gasteiger partial charge in [-0.1, -0.05) is 26.0 Å². The summed E-state index contributed by atoms with van der Waals surface area (Å²) < 4.78 is 11.2. The summed E-state index contributed by atoms with van der Waals surface area (Å²) in [6.45, 7) is 9.31. The van der Waals surface area contributed by atoms with Gasteiger partial charge in [0.1, 0.15) is 11.5 Å². The molecule has 0 radical (unpaired) electrons. The first-order valence-corrected chi connectivity index (χ1v) is 9.82. The Kier molecular flexibility index (Phi) is 8.26.